The van der Waals surface area contributed by atoms with Gasteiger partial charge in [-0.1, -0.05) is 97.1 Å². The first-order valence-electron chi connectivity index (χ1n) is 14.4. The molecule has 0 aliphatic heterocycles. The molecule has 7 rings (SSSR count). The van der Waals surface area contributed by atoms with E-state index in [1.54, 1.807) is 0 Å². The van der Waals surface area contributed by atoms with Crippen molar-refractivity contribution >= 4 is 21.8 Å². The van der Waals surface area contributed by atoms with Gasteiger partial charge >= 0.3 is 0 Å². The van der Waals surface area contributed by atoms with Crippen LogP contribution in [0.1, 0.15) is 5.69 Å². The van der Waals surface area contributed by atoms with Gasteiger partial charge in [-0.3, -0.25) is 9.97 Å². The average Bonchev–Trinajstić information content (AvgIpc) is 3.42. The number of nitrogens with two attached hydrogens (primary N) is 1. The fourth-order valence-corrected chi connectivity index (χ4v) is 5.72. The van der Waals surface area contributed by atoms with Gasteiger partial charge in [0.25, 0.3) is 0 Å². The molecule has 0 saturated carbocycles. The summed E-state index contributed by atoms with van der Waals surface area (Å²) in [6.07, 6.45) is 11.9. The van der Waals surface area contributed by atoms with Crippen molar-refractivity contribution in [2.24, 2.45) is 5.73 Å². The van der Waals surface area contributed by atoms with Crippen LogP contribution in [-0.4, -0.2) is 14.5 Å². The van der Waals surface area contributed by atoms with Crippen molar-refractivity contribution in [2.45, 2.75) is 6.42 Å². The second-order valence-electron chi connectivity index (χ2n) is 10.5. The number of pyridine rings is 2. The third-order valence-electron chi connectivity index (χ3n) is 7.76. The van der Waals surface area contributed by atoms with E-state index < -0.39 is 0 Å². The van der Waals surface area contributed by atoms with E-state index in [1.807, 2.05) is 30.6 Å². The Morgan fingerprint density at radius 3 is 2.16 bits per heavy atom. The molecule has 0 unspecified atom stereocenters. The van der Waals surface area contributed by atoms with Crippen molar-refractivity contribution in [3.8, 4) is 39.2 Å². The Morgan fingerprint density at radius 2 is 1.33 bits per heavy atom. The SMILES string of the molecule is N/C=C\C=C/Cc1cc(-c2ccc(-c3ccccc3)cc2)cc(-c2cccc(-n3c4ccccc4c4cnccc43)c2)n1. The lowest BCUT2D eigenvalue weighted by molar-refractivity contribution is 1.11. The molecule has 43 heavy (non-hydrogen) atoms. The zero-order chi connectivity index (χ0) is 29.0. The van der Waals surface area contributed by atoms with Crippen LogP contribution in [0.3, 0.4) is 0 Å². The summed E-state index contributed by atoms with van der Waals surface area (Å²) >= 11 is 0. The second-order valence-corrected chi connectivity index (χ2v) is 10.5. The minimum atomic E-state index is 0.701. The predicted molar refractivity (Wildman–Crippen MR) is 179 cm³/mol. The number of para-hydroxylation sites is 1. The fraction of sp³-hybridized carbons (Fsp3) is 0.0256. The summed E-state index contributed by atoms with van der Waals surface area (Å²) in [7, 11) is 0. The molecule has 0 aliphatic rings. The maximum absolute atomic E-state index is 5.53. The number of benzene rings is 4. The third kappa shape index (κ3) is 5.22. The second kappa shape index (κ2) is 11.6. The van der Waals surface area contributed by atoms with E-state index in [0.717, 1.165) is 50.2 Å². The standard InChI is InChI=1S/C39H30N4/c40-22-8-2-5-13-33-24-32(30-19-17-29(18-20-30)28-10-3-1-4-11-28)26-37(42-33)31-12-9-14-34(25-31)43-38-16-7-6-15-35(38)36-27-41-23-21-39(36)43/h1-12,14-27H,13,40H2/b5-2-,22-8-. The molecule has 3 heterocycles. The molecular formula is C39H30N4. The molecule has 0 radical (unpaired) electrons. The van der Waals surface area contributed by atoms with Crippen molar-refractivity contribution in [3.63, 3.8) is 0 Å². The molecule has 4 nitrogen and oxygen atoms in total. The number of allylic oxidation sites excluding steroid dienone is 3. The monoisotopic (exact) mass is 554 g/mol. The molecule has 7 aromatic rings. The number of rotatable bonds is 7. The van der Waals surface area contributed by atoms with Gasteiger partial charge in [0.15, 0.2) is 0 Å². The molecule has 0 atom stereocenters. The number of aromatic nitrogens is 3. The average molecular weight is 555 g/mol. The molecule has 0 fully saturated rings. The Bertz CT molecular complexity index is 2050. The Hall–Kier alpha value is -5.74. The number of hydrogen-bond donors (Lipinski definition) is 1. The molecule has 4 heteroatoms. The van der Waals surface area contributed by atoms with Gasteiger partial charge in [-0.25, -0.2) is 0 Å². The highest BCUT2D eigenvalue weighted by molar-refractivity contribution is 6.08. The smallest absolute Gasteiger partial charge is 0.0712 e. The Morgan fingerprint density at radius 1 is 0.605 bits per heavy atom. The van der Waals surface area contributed by atoms with Crippen molar-refractivity contribution in [1.29, 1.82) is 0 Å². The zero-order valence-corrected chi connectivity index (χ0v) is 23.6. The Kier molecular flexibility index (Phi) is 7.08. The van der Waals surface area contributed by atoms with Gasteiger partial charge < -0.3 is 10.3 Å². The summed E-state index contributed by atoms with van der Waals surface area (Å²) in [4.78, 5) is 9.52. The molecule has 0 spiro atoms. The normalized spacial score (nSPS) is 11.7. The van der Waals surface area contributed by atoms with Crippen LogP contribution in [0.5, 0.6) is 0 Å². The molecule has 0 amide bonds. The summed E-state index contributed by atoms with van der Waals surface area (Å²) in [5.74, 6) is 0. The lowest BCUT2D eigenvalue weighted by Crippen LogP contribution is -1.97. The zero-order valence-electron chi connectivity index (χ0n) is 23.6. The number of hydrogen-bond acceptors (Lipinski definition) is 3. The topological polar surface area (TPSA) is 56.7 Å². The van der Waals surface area contributed by atoms with Crippen LogP contribution in [0.15, 0.2) is 158 Å². The summed E-state index contributed by atoms with van der Waals surface area (Å²) in [6, 6.07) is 42.8. The first kappa shape index (κ1) is 26.2. The van der Waals surface area contributed by atoms with Crippen LogP contribution >= 0.6 is 0 Å². The molecule has 0 aliphatic carbocycles. The van der Waals surface area contributed by atoms with Crippen LogP contribution in [0.25, 0.3) is 61.0 Å². The van der Waals surface area contributed by atoms with E-state index in [1.165, 1.54) is 22.7 Å². The van der Waals surface area contributed by atoms with Crippen molar-refractivity contribution in [3.05, 3.63) is 164 Å². The van der Waals surface area contributed by atoms with E-state index in [0.29, 0.717) is 6.42 Å². The Labute approximate surface area is 251 Å². The summed E-state index contributed by atoms with van der Waals surface area (Å²) < 4.78 is 2.31. The van der Waals surface area contributed by atoms with E-state index in [9.17, 15) is 0 Å². The van der Waals surface area contributed by atoms with Gasteiger partial charge in [0.1, 0.15) is 0 Å². The Balaban J connectivity index is 1.33. The van der Waals surface area contributed by atoms with E-state index in [2.05, 4.69) is 131 Å². The van der Waals surface area contributed by atoms with Crippen molar-refractivity contribution in [1.82, 2.24) is 14.5 Å². The van der Waals surface area contributed by atoms with Gasteiger partial charge in [-0.2, -0.15) is 0 Å². The highest BCUT2D eigenvalue weighted by Gasteiger charge is 2.13. The van der Waals surface area contributed by atoms with E-state index in [-0.39, 0.29) is 0 Å². The largest absolute Gasteiger partial charge is 0.405 e. The fourth-order valence-electron chi connectivity index (χ4n) is 5.72. The summed E-state index contributed by atoms with van der Waals surface area (Å²) in [5.41, 5.74) is 16.6. The highest BCUT2D eigenvalue weighted by atomic mass is 15.0. The molecule has 0 bridgehead atoms. The third-order valence-corrected chi connectivity index (χ3v) is 7.76. The van der Waals surface area contributed by atoms with Gasteiger partial charge in [0.2, 0.25) is 0 Å². The molecule has 0 saturated heterocycles. The van der Waals surface area contributed by atoms with Crippen LogP contribution in [0.4, 0.5) is 0 Å². The van der Waals surface area contributed by atoms with Crippen molar-refractivity contribution < 1.29 is 0 Å². The van der Waals surface area contributed by atoms with Crippen LogP contribution in [0, 0.1) is 0 Å². The first-order chi connectivity index (χ1) is 21.3. The van der Waals surface area contributed by atoms with Gasteiger partial charge in [-0.05, 0) is 70.9 Å². The number of fused-ring (bicyclic) bond motifs is 3. The van der Waals surface area contributed by atoms with Crippen LogP contribution in [-0.2, 0) is 6.42 Å². The minimum absolute atomic E-state index is 0.701. The number of nitrogens with zero attached hydrogens (tertiary/aromatic N) is 3. The molecule has 3 aromatic heterocycles. The maximum atomic E-state index is 5.53. The van der Waals surface area contributed by atoms with Crippen molar-refractivity contribution in [2.75, 3.05) is 0 Å². The maximum Gasteiger partial charge on any atom is 0.0712 e. The predicted octanol–water partition coefficient (Wildman–Crippen LogP) is 9.15. The van der Waals surface area contributed by atoms with E-state index in [4.69, 9.17) is 10.7 Å². The molecule has 206 valence electrons. The minimum Gasteiger partial charge on any atom is -0.405 e. The molecular weight excluding hydrogens is 524 g/mol. The van der Waals surface area contributed by atoms with Gasteiger partial charge in [-0.15, -0.1) is 0 Å². The van der Waals surface area contributed by atoms with Gasteiger partial charge in [0.05, 0.1) is 16.7 Å². The quantitative estimate of drug-likeness (QED) is 0.200. The first-order valence-corrected chi connectivity index (χ1v) is 14.4. The molecule has 2 N–H and O–H groups in total. The summed E-state index contributed by atoms with van der Waals surface area (Å²) in [5, 5.41) is 2.33. The van der Waals surface area contributed by atoms with Crippen LogP contribution < -0.4 is 5.73 Å². The lowest BCUT2D eigenvalue weighted by atomic mass is 9.98. The van der Waals surface area contributed by atoms with E-state index >= 15 is 0 Å². The summed E-state index contributed by atoms with van der Waals surface area (Å²) in [6.45, 7) is 0. The van der Waals surface area contributed by atoms with Crippen LogP contribution in [0.2, 0.25) is 0 Å². The molecule has 4 aromatic carbocycles. The van der Waals surface area contributed by atoms with Gasteiger partial charge in [0, 0.05) is 46.5 Å². The highest BCUT2D eigenvalue weighted by Crippen LogP contribution is 2.34. The lowest BCUT2D eigenvalue weighted by Gasteiger charge is -2.12.